The summed E-state index contributed by atoms with van der Waals surface area (Å²) in [5.41, 5.74) is 2.89. The number of benzene rings is 2. The van der Waals surface area contributed by atoms with Crippen LogP contribution in [0.1, 0.15) is 25.1 Å². The Bertz CT molecular complexity index is 927. The summed E-state index contributed by atoms with van der Waals surface area (Å²) < 4.78 is 18.4. The van der Waals surface area contributed by atoms with E-state index in [-0.39, 0.29) is 17.0 Å². The molecular weight excluding hydrogens is 407 g/mol. The summed E-state index contributed by atoms with van der Waals surface area (Å²) >= 11 is 3.14. The molecule has 7 heteroatoms. The third-order valence-corrected chi connectivity index (χ3v) is 6.31. The van der Waals surface area contributed by atoms with E-state index in [0.717, 1.165) is 27.6 Å². The molecule has 0 aliphatic carbocycles. The molecule has 29 heavy (non-hydrogen) atoms. The molecule has 0 spiro atoms. The minimum absolute atomic E-state index is 0.0405. The molecule has 1 heterocycles. The van der Waals surface area contributed by atoms with E-state index < -0.39 is 0 Å². The highest BCUT2D eigenvalue weighted by Gasteiger charge is 2.14. The molecule has 3 rings (SSSR count). The molecule has 1 atom stereocenters. The van der Waals surface area contributed by atoms with Crippen molar-refractivity contribution in [2.45, 2.75) is 31.4 Å². The summed E-state index contributed by atoms with van der Waals surface area (Å²) in [6, 6.07) is 14.0. The Morgan fingerprint density at radius 3 is 2.62 bits per heavy atom. The lowest BCUT2D eigenvalue weighted by Crippen LogP contribution is -2.30. The lowest BCUT2D eigenvalue weighted by Gasteiger charge is -2.11. The maximum atomic E-state index is 12.9. The van der Waals surface area contributed by atoms with Gasteiger partial charge in [0.25, 0.3) is 0 Å². The first-order chi connectivity index (χ1) is 14.0. The number of hydrogen-bond acceptors (Lipinski definition) is 5. The van der Waals surface area contributed by atoms with Crippen LogP contribution < -0.4 is 10.1 Å². The molecular formula is C22H23FN2O2S2. The summed E-state index contributed by atoms with van der Waals surface area (Å²) in [5, 5.41) is 5.67. The van der Waals surface area contributed by atoms with Gasteiger partial charge in [-0.3, -0.25) is 4.79 Å². The average molecular weight is 431 g/mol. The first kappa shape index (κ1) is 21.3. The molecule has 1 N–H and O–H groups in total. The fourth-order valence-electron chi connectivity index (χ4n) is 2.59. The van der Waals surface area contributed by atoms with Gasteiger partial charge in [0, 0.05) is 23.2 Å². The molecule has 152 valence electrons. The Hall–Kier alpha value is -2.38. The second-order valence-electron chi connectivity index (χ2n) is 6.40. The highest BCUT2D eigenvalue weighted by Crippen LogP contribution is 2.28. The predicted molar refractivity (Wildman–Crippen MR) is 118 cm³/mol. The Kier molecular flexibility index (Phi) is 7.66. The van der Waals surface area contributed by atoms with Crippen LogP contribution in [0.15, 0.2) is 53.9 Å². The third kappa shape index (κ3) is 6.30. The molecule has 0 aliphatic rings. The maximum absolute atomic E-state index is 12.9. The summed E-state index contributed by atoms with van der Waals surface area (Å²) in [5.74, 6) is 1.20. The van der Waals surface area contributed by atoms with Gasteiger partial charge in [0.2, 0.25) is 5.91 Å². The number of carbonyl (C=O) groups excluding carboxylic acids is 1. The Morgan fingerprint density at radius 1 is 1.21 bits per heavy atom. The molecule has 0 saturated carbocycles. The fourth-order valence-corrected chi connectivity index (χ4v) is 4.32. The van der Waals surface area contributed by atoms with Crippen LogP contribution in [-0.2, 0) is 17.1 Å². The highest BCUT2D eigenvalue weighted by molar-refractivity contribution is 7.99. The smallest absolute Gasteiger partial charge is 0.233 e. The van der Waals surface area contributed by atoms with E-state index in [2.05, 4.69) is 10.3 Å². The zero-order valence-electron chi connectivity index (χ0n) is 16.4. The Balaban J connectivity index is 1.48. The predicted octanol–water partition coefficient (Wildman–Crippen LogP) is 5.29. The molecule has 1 unspecified atom stereocenters. The van der Waals surface area contributed by atoms with Gasteiger partial charge < -0.3 is 10.1 Å². The minimum Gasteiger partial charge on any atom is -0.494 e. The number of aromatic nitrogens is 1. The topological polar surface area (TPSA) is 51.2 Å². The summed E-state index contributed by atoms with van der Waals surface area (Å²) in [4.78, 5) is 17.0. The zero-order valence-corrected chi connectivity index (χ0v) is 18.0. The molecule has 0 saturated heterocycles. The normalized spacial score (nSPS) is 11.8. The van der Waals surface area contributed by atoms with Crippen molar-refractivity contribution in [2.24, 2.45) is 0 Å². The standard InChI is InChI=1S/C22H23FN2O2S2/c1-3-27-20-10-6-17(7-11-20)22-25-19(14-29-22)13-28-15(2)21(26)24-12-16-4-8-18(23)9-5-16/h4-11,14-15H,3,12-13H2,1-2H3,(H,24,26). The lowest BCUT2D eigenvalue weighted by atomic mass is 10.2. The van der Waals surface area contributed by atoms with Crippen LogP contribution >= 0.6 is 23.1 Å². The van der Waals surface area contributed by atoms with Gasteiger partial charge in [-0.25, -0.2) is 9.37 Å². The summed E-state index contributed by atoms with van der Waals surface area (Å²) in [7, 11) is 0. The molecule has 0 aliphatic heterocycles. The molecule has 4 nitrogen and oxygen atoms in total. The van der Waals surface area contributed by atoms with Crippen molar-refractivity contribution >= 4 is 29.0 Å². The molecule has 0 radical (unpaired) electrons. The van der Waals surface area contributed by atoms with Crippen molar-refractivity contribution in [1.82, 2.24) is 10.3 Å². The van der Waals surface area contributed by atoms with Crippen LogP contribution in [0.4, 0.5) is 4.39 Å². The third-order valence-electron chi connectivity index (χ3n) is 4.19. The van der Waals surface area contributed by atoms with Crippen LogP contribution in [0.5, 0.6) is 5.75 Å². The minimum atomic E-state index is -0.281. The number of nitrogens with one attached hydrogen (secondary N) is 1. The second kappa shape index (κ2) is 10.4. The number of nitrogens with zero attached hydrogens (tertiary/aromatic N) is 1. The lowest BCUT2D eigenvalue weighted by molar-refractivity contribution is -0.120. The van der Waals surface area contributed by atoms with Gasteiger partial charge in [-0.1, -0.05) is 12.1 Å². The van der Waals surface area contributed by atoms with Gasteiger partial charge >= 0.3 is 0 Å². The number of halogens is 1. The number of thiazole rings is 1. The first-order valence-electron chi connectivity index (χ1n) is 9.36. The Labute approximate surface area is 178 Å². The van der Waals surface area contributed by atoms with Gasteiger partial charge in [-0.05, 0) is 55.8 Å². The van der Waals surface area contributed by atoms with Gasteiger partial charge in [0.05, 0.1) is 17.6 Å². The van der Waals surface area contributed by atoms with E-state index >= 15 is 0 Å². The average Bonchev–Trinajstić information content (AvgIpc) is 3.21. The fraction of sp³-hybridized carbons (Fsp3) is 0.273. The molecule has 3 aromatic rings. The van der Waals surface area contributed by atoms with E-state index in [9.17, 15) is 9.18 Å². The monoisotopic (exact) mass is 430 g/mol. The quantitative estimate of drug-likeness (QED) is 0.501. The van der Waals surface area contributed by atoms with Crippen molar-refractivity contribution in [3.63, 3.8) is 0 Å². The van der Waals surface area contributed by atoms with Gasteiger partial charge in [-0.2, -0.15) is 0 Å². The van der Waals surface area contributed by atoms with E-state index in [0.29, 0.717) is 18.9 Å². The van der Waals surface area contributed by atoms with E-state index in [4.69, 9.17) is 4.74 Å². The maximum Gasteiger partial charge on any atom is 0.233 e. The largest absolute Gasteiger partial charge is 0.494 e. The van der Waals surface area contributed by atoms with Crippen LogP contribution in [-0.4, -0.2) is 22.7 Å². The molecule has 1 aromatic heterocycles. The Morgan fingerprint density at radius 2 is 1.93 bits per heavy atom. The van der Waals surface area contributed by atoms with Gasteiger partial charge in [-0.15, -0.1) is 23.1 Å². The van der Waals surface area contributed by atoms with E-state index in [1.165, 1.54) is 12.1 Å². The van der Waals surface area contributed by atoms with Crippen molar-refractivity contribution in [1.29, 1.82) is 0 Å². The highest BCUT2D eigenvalue weighted by atomic mass is 32.2. The molecule has 2 aromatic carbocycles. The second-order valence-corrected chi connectivity index (χ2v) is 8.59. The number of ether oxygens (including phenoxy) is 1. The van der Waals surface area contributed by atoms with Crippen LogP contribution in [0.2, 0.25) is 0 Å². The zero-order chi connectivity index (χ0) is 20.6. The summed E-state index contributed by atoms with van der Waals surface area (Å²) in [6.45, 7) is 4.88. The van der Waals surface area contributed by atoms with Crippen LogP contribution in [0.25, 0.3) is 10.6 Å². The SMILES string of the molecule is CCOc1ccc(-c2nc(CSC(C)C(=O)NCc3ccc(F)cc3)cs2)cc1. The molecule has 1 amide bonds. The van der Waals surface area contributed by atoms with E-state index in [1.807, 2.05) is 43.5 Å². The van der Waals surface area contributed by atoms with Gasteiger partial charge in [0.1, 0.15) is 16.6 Å². The molecule has 0 bridgehead atoms. The van der Waals surface area contributed by atoms with Crippen LogP contribution in [0, 0.1) is 5.82 Å². The summed E-state index contributed by atoms with van der Waals surface area (Å²) in [6.07, 6.45) is 0. The number of thioether (sulfide) groups is 1. The van der Waals surface area contributed by atoms with Crippen LogP contribution in [0.3, 0.4) is 0 Å². The van der Waals surface area contributed by atoms with Crippen molar-refractivity contribution in [3.8, 4) is 16.3 Å². The number of hydrogen-bond donors (Lipinski definition) is 1. The van der Waals surface area contributed by atoms with Gasteiger partial charge in [0.15, 0.2) is 0 Å². The number of amides is 1. The van der Waals surface area contributed by atoms with E-state index in [1.54, 1.807) is 35.2 Å². The number of rotatable bonds is 9. The van der Waals surface area contributed by atoms with Crippen molar-refractivity contribution in [3.05, 3.63) is 71.0 Å². The molecule has 0 fully saturated rings. The first-order valence-corrected chi connectivity index (χ1v) is 11.3. The van der Waals surface area contributed by atoms with Crippen molar-refractivity contribution in [2.75, 3.05) is 6.61 Å². The van der Waals surface area contributed by atoms with Crippen molar-refractivity contribution < 1.29 is 13.9 Å². The number of carbonyl (C=O) groups is 1.